The normalized spacial score (nSPS) is 14.1. The highest BCUT2D eigenvalue weighted by Gasteiger charge is 2.16. The molecule has 1 aliphatic carbocycles. The minimum atomic E-state index is 0. The first-order valence-electron chi connectivity index (χ1n) is 8.94. The van der Waals surface area contributed by atoms with E-state index in [1.807, 2.05) is 0 Å². The van der Waals surface area contributed by atoms with E-state index in [9.17, 15) is 0 Å². The molecular formula is C21H27BrClNO2. The highest BCUT2D eigenvalue weighted by Crippen LogP contribution is 2.37. The van der Waals surface area contributed by atoms with Crippen molar-refractivity contribution in [2.45, 2.75) is 51.8 Å². The second-order valence-corrected chi connectivity index (χ2v) is 7.60. The molecule has 0 heterocycles. The van der Waals surface area contributed by atoms with E-state index in [1.54, 1.807) is 7.11 Å². The summed E-state index contributed by atoms with van der Waals surface area (Å²) in [5.41, 5.74) is 3.60. The summed E-state index contributed by atoms with van der Waals surface area (Å²) < 4.78 is 12.5. The molecule has 5 heteroatoms. The van der Waals surface area contributed by atoms with Crippen LogP contribution in [0.3, 0.4) is 0 Å². The van der Waals surface area contributed by atoms with E-state index in [1.165, 1.54) is 36.8 Å². The fraction of sp³-hybridized carbons (Fsp3) is 0.429. The van der Waals surface area contributed by atoms with Gasteiger partial charge in [-0.25, -0.2) is 0 Å². The van der Waals surface area contributed by atoms with E-state index in [0.29, 0.717) is 12.6 Å². The van der Waals surface area contributed by atoms with E-state index >= 15 is 0 Å². The average molecular weight is 441 g/mol. The minimum Gasteiger partial charge on any atom is -0.493 e. The van der Waals surface area contributed by atoms with Crippen LogP contribution >= 0.6 is 28.3 Å². The number of aryl methyl sites for hydroxylation is 1. The zero-order valence-corrected chi connectivity index (χ0v) is 17.8. The number of hydrogen-bond acceptors (Lipinski definition) is 3. The molecule has 0 saturated heterocycles. The molecule has 26 heavy (non-hydrogen) atoms. The molecule has 0 aromatic heterocycles. The van der Waals surface area contributed by atoms with E-state index in [0.717, 1.165) is 28.1 Å². The number of halogens is 2. The maximum atomic E-state index is 6.03. The Morgan fingerprint density at radius 1 is 1.08 bits per heavy atom. The lowest BCUT2D eigenvalue weighted by atomic mass is 10.1. The predicted molar refractivity (Wildman–Crippen MR) is 113 cm³/mol. The van der Waals surface area contributed by atoms with Crippen LogP contribution in [0.2, 0.25) is 0 Å². The third-order valence-corrected chi connectivity index (χ3v) is 5.33. The molecule has 0 bridgehead atoms. The van der Waals surface area contributed by atoms with Crippen molar-refractivity contribution in [2.24, 2.45) is 0 Å². The zero-order chi connectivity index (χ0) is 17.6. The van der Waals surface area contributed by atoms with Gasteiger partial charge in [0, 0.05) is 12.6 Å². The van der Waals surface area contributed by atoms with Crippen molar-refractivity contribution in [2.75, 3.05) is 7.11 Å². The molecule has 0 unspecified atom stereocenters. The highest BCUT2D eigenvalue weighted by molar-refractivity contribution is 9.10. The van der Waals surface area contributed by atoms with Gasteiger partial charge < -0.3 is 14.8 Å². The van der Waals surface area contributed by atoms with Crippen LogP contribution < -0.4 is 14.8 Å². The summed E-state index contributed by atoms with van der Waals surface area (Å²) in [6.07, 6.45) is 5.26. The number of methoxy groups -OCH3 is 1. The number of nitrogens with one attached hydrogen (secondary N) is 1. The molecule has 2 aromatic rings. The third kappa shape index (κ3) is 5.63. The van der Waals surface area contributed by atoms with Crippen molar-refractivity contribution in [3.8, 4) is 11.5 Å². The van der Waals surface area contributed by atoms with E-state index in [-0.39, 0.29) is 12.4 Å². The van der Waals surface area contributed by atoms with Crippen molar-refractivity contribution in [1.82, 2.24) is 5.32 Å². The van der Waals surface area contributed by atoms with Crippen LogP contribution in [-0.2, 0) is 13.2 Å². The van der Waals surface area contributed by atoms with Crippen molar-refractivity contribution in [3.05, 3.63) is 57.6 Å². The lowest BCUT2D eigenvalue weighted by Gasteiger charge is -2.16. The monoisotopic (exact) mass is 439 g/mol. The third-order valence-electron chi connectivity index (χ3n) is 4.74. The molecule has 0 atom stereocenters. The molecule has 0 spiro atoms. The summed E-state index contributed by atoms with van der Waals surface area (Å²) in [7, 11) is 1.69. The van der Waals surface area contributed by atoms with Crippen LogP contribution in [0.15, 0.2) is 40.9 Å². The van der Waals surface area contributed by atoms with Gasteiger partial charge in [-0.15, -0.1) is 12.4 Å². The Balaban J connectivity index is 0.00000243. The predicted octanol–water partition coefficient (Wildman–Crippen LogP) is 5.80. The molecule has 3 rings (SSSR count). The van der Waals surface area contributed by atoms with Gasteiger partial charge in [0.05, 0.1) is 11.6 Å². The van der Waals surface area contributed by atoms with Gasteiger partial charge in [-0.2, -0.15) is 0 Å². The molecule has 3 nitrogen and oxygen atoms in total. The molecule has 0 amide bonds. The Hall–Kier alpha value is -1.23. The van der Waals surface area contributed by atoms with Gasteiger partial charge in [-0.3, -0.25) is 0 Å². The number of benzene rings is 2. The highest BCUT2D eigenvalue weighted by atomic mass is 79.9. The fourth-order valence-electron chi connectivity index (χ4n) is 3.25. The summed E-state index contributed by atoms with van der Waals surface area (Å²) in [5.74, 6) is 1.53. The van der Waals surface area contributed by atoms with Gasteiger partial charge in [0.2, 0.25) is 0 Å². The Labute approximate surface area is 171 Å². The zero-order valence-electron chi connectivity index (χ0n) is 15.4. The summed E-state index contributed by atoms with van der Waals surface area (Å²) in [6.45, 7) is 3.47. The lowest BCUT2D eigenvalue weighted by Crippen LogP contribution is -2.25. The van der Waals surface area contributed by atoms with Crippen molar-refractivity contribution >= 4 is 28.3 Å². The molecule has 142 valence electrons. The molecule has 1 saturated carbocycles. The van der Waals surface area contributed by atoms with Gasteiger partial charge in [0.25, 0.3) is 0 Å². The van der Waals surface area contributed by atoms with Crippen LogP contribution in [-0.4, -0.2) is 13.2 Å². The largest absolute Gasteiger partial charge is 0.493 e. The summed E-state index contributed by atoms with van der Waals surface area (Å²) in [5, 5.41) is 3.64. The van der Waals surface area contributed by atoms with Gasteiger partial charge >= 0.3 is 0 Å². The Bertz CT molecular complexity index is 700. The Kier molecular flexibility index (Phi) is 8.26. The average Bonchev–Trinajstić information content (AvgIpc) is 3.13. The molecule has 0 aliphatic heterocycles. The molecule has 0 radical (unpaired) electrons. The van der Waals surface area contributed by atoms with E-state index in [4.69, 9.17) is 9.47 Å². The fourth-order valence-corrected chi connectivity index (χ4v) is 3.85. The first-order chi connectivity index (χ1) is 12.2. The van der Waals surface area contributed by atoms with Gasteiger partial charge in [-0.05, 0) is 59.0 Å². The molecule has 2 aromatic carbocycles. The first kappa shape index (κ1) is 21.1. The lowest BCUT2D eigenvalue weighted by molar-refractivity contribution is 0.282. The summed E-state index contributed by atoms with van der Waals surface area (Å²) in [6, 6.07) is 13.2. The molecule has 1 N–H and O–H groups in total. The van der Waals surface area contributed by atoms with Gasteiger partial charge in [-0.1, -0.05) is 42.7 Å². The quantitative estimate of drug-likeness (QED) is 0.590. The summed E-state index contributed by atoms with van der Waals surface area (Å²) >= 11 is 3.64. The van der Waals surface area contributed by atoms with Crippen LogP contribution in [0.5, 0.6) is 11.5 Å². The van der Waals surface area contributed by atoms with Crippen molar-refractivity contribution in [3.63, 3.8) is 0 Å². The smallest absolute Gasteiger partial charge is 0.175 e. The van der Waals surface area contributed by atoms with Gasteiger partial charge in [0.1, 0.15) is 6.61 Å². The number of rotatable bonds is 7. The summed E-state index contributed by atoms with van der Waals surface area (Å²) in [4.78, 5) is 0. The molecule has 1 fully saturated rings. The van der Waals surface area contributed by atoms with Crippen molar-refractivity contribution < 1.29 is 9.47 Å². The number of hydrogen-bond donors (Lipinski definition) is 1. The topological polar surface area (TPSA) is 30.5 Å². The second-order valence-electron chi connectivity index (χ2n) is 6.75. The van der Waals surface area contributed by atoms with Crippen LogP contribution in [0.25, 0.3) is 0 Å². The first-order valence-corrected chi connectivity index (χ1v) is 9.73. The standard InChI is InChI=1S/C21H26BrNO2.ClH/c1-15-7-9-16(10-8-15)14-25-21-19(22)11-17(12-20(21)24-2)13-23-18-5-3-4-6-18;/h7-12,18,23H,3-6,13-14H2,1-2H3;1H. The van der Waals surface area contributed by atoms with Crippen LogP contribution in [0.4, 0.5) is 0 Å². The minimum absolute atomic E-state index is 0. The Morgan fingerprint density at radius 2 is 1.77 bits per heavy atom. The second kappa shape index (κ2) is 10.2. The van der Waals surface area contributed by atoms with Crippen LogP contribution in [0, 0.1) is 6.92 Å². The number of ether oxygens (including phenoxy) is 2. The van der Waals surface area contributed by atoms with E-state index in [2.05, 4.69) is 64.6 Å². The maximum Gasteiger partial charge on any atom is 0.175 e. The Morgan fingerprint density at radius 3 is 2.42 bits per heavy atom. The van der Waals surface area contributed by atoms with Crippen LogP contribution in [0.1, 0.15) is 42.4 Å². The SMILES string of the molecule is COc1cc(CNC2CCCC2)cc(Br)c1OCc1ccc(C)cc1.Cl. The maximum absolute atomic E-state index is 6.03. The molecular weight excluding hydrogens is 414 g/mol. The van der Waals surface area contributed by atoms with Gasteiger partial charge in [0.15, 0.2) is 11.5 Å². The van der Waals surface area contributed by atoms with E-state index < -0.39 is 0 Å². The molecule has 1 aliphatic rings. The van der Waals surface area contributed by atoms with Crippen molar-refractivity contribution in [1.29, 1.82) is 0 Å².